The molecule has 3 N–H and O–H groups in total. The number of fused-ring (bicyclic) bond motifs is 1. The lowest BCUT2D eigenvalue weighted by molar-refractivity contribution is -0.384. The van der Waals surface area contributed by atoms with E-state index in [9.17, 15) is 23.3 Å². The van der Waals surface area contributed by atoms with E-state index in [1.807, 2.05) is 18.2 Å². The van der Waals surface area contributed by atoms with Crippen LogP contribution in [0.2, 0.25) is 5.02 Å². The Morgan fingerprint density at radius 2 is 1.82 bits per heavy atom. The molecular weight excluding hydrogens is 806 g/mol. The minimum Gasteiger partial charge on any atom is -0.455 e. The van der Waals surface area contributed by atoms with Gasteiger partial charge in [0.1, 0.15) is 22.8 Å². The van der Waals surface area contributed by atoms with Crippen LogP contribution in [-0.2, 0) is 14.8 Å². The van der Waals surface area contributed by atoms with Gasteiger partial charge in [0, 0.05) is 86.9 Å². The van der Waals surface area contributed by atoms with Crippen molar-refractivity contribution in [3.05, 3.63) is 123 Å². The standard InChI is InChI=1S/C44H48ClN7O7S/c1-29-2-9-38(31-3-5-34(45)6-4-31)33(22-29)28-50-16-18-51(19-17-50)35-7-10-39(42(24-35)59-36-23-32-12-15-46-43(32)48-27-36)44(53)49-60(56,57)37-8-11-40(41(25-37)52(54)55)47-26-30-13-20-58-21-14-30/h2-8,10-12,15,23-25,27,30,33,38,47H,9,13-14,16-22,26,28H2,1H3,(H,46,48)(H,49,53)/t33-,38-/m0/s1. The molecule has 5 aromatic rings. The van der Waals surface area contributed by atoms with E-state index in [-0.39, 0.29) is 22.9 Å². The van der Waals surface area contributed by atoms with Crippen LogP contribution in [-0.4, -0.2) is 86.6 Å². The first kappa shape index (κ1) is 41.3. The number of nitro groups is 1. The van der Waals surface area contributed by atoms with Gasteiger partial charge in [-0.1, -0.05) is 35.4 Å². The van der Waals surface area contributed by atoms with Gasteiger partial charge in [-0.05, 0) is 104 Å². The number of ether oxygens (including phenoxy) is 2. The molecule has 16 heteroatoms. The van der Waals surface area contributed by atoms with Crippen LogP contribution in [0.25, 0.3) is 11.0 Å². The first-order valence-corrected chi connectivity index (χ1v) is 22.2. The third-order valence-electron chi connectivity index (χ3n) is 11.8. The zero-order valence-electron chi connectivity index (χ0n) is 33.3. The zero-order chi connectivity index (χ0) is 41.8. The van der Waals surface area contributed by atoms with E-state index < -0.39 is 31.4 Å². The normalized spacial score (nSPS) is 19.2. The maximum Gasteiger partial charge on any atom is 0.293 e. The van der Waals surface area contributed by atoms with Crippen LogP contribution in [0.1, 0.15) is 54.4 Å². The highest BCUT2D eigenvalue weighted by Gasteiger charge is 2.31. The van der Waals surface area contributed by atoms with Crippen molar-refractivity contribution < 1.29 is 27.6 Å². The number of pyridine rings is 1. The minimum atomic E-state index is -4.55. The predicted molar refractivity (Wildman–Crippen MR) is 232 cm³/mol. The summed E-state index contributed by atoms with van der Waals surface area (Å²) in [5, 5.41) is 16.7. The first-order valence-electron chi connectivity index (χ1n) is 20.3. The number of anilines is 2. The number of piperazine rings is 1. The Kier molecular flexibility index (Phi) is 12.4. The molecule has 1 aliphatic carbocycles. The molecule has 1 amide bonds. The number of sulfonamides is 1. The van der Waals surface area contributed by atoms with Gasteiger partial charge in [-0.2, -0.15) is 0 Å². The number of halogens is 1. The number of nitro benzene ring substituents is 1. The van der Waals surface area contributed by atoms with Crippen LogP contribution < -0.4 is 19.7 Å². The second kappa shape index (κ2) is 18.0. The average Bonchev–Trinajstić information content (AvgIpc) is 3.72. The molecular formula is C44H48ClN7O7S. The summed E-state index contributed by atoms with van der Waals surface area (Å²) in [6.07, 6.45) is 9.35. The van der Waals surface area contributed by atoms with E-state index in [0.29, 0.717) is 43.0 Å². The van der Waals surface area contributed by atoms with Crippen LogP contribution in [0, 0.1) is 22.0 Å². The number of aromatic amines is 1. The Morgan fingerprint density at radius 3 is 2.58 bits per heavy atom. The Bertz CT molecular complexity index is 2500. The van der Waals surface area contributed by atoms with E-state index in [1.165, 1.54) is 29.5 Å². The number of aromatic nitrogens is 2. The summed E-state index contributed by atoms with van der Waals surface area (Å²) in [5.41, 5.74) is 3.96. The smallest absolute Gasteiger partial charge is 0.293 e. The topological polar surface area (TPSA) is 172 Å². The van der Waals surface area contributed by atoms with Gasteiger partial charge in [-0.25, -0.2) is 18.1 Å². The third-order valence-corrected chi connectivity index (χ3v) is 13.4. The molecule has 3 aromatic carbocycles. The molecule has 0 spiro atoms. The molecule has 0 bridgehead atoms. The van der Waals surface area contributed by atoms with Gasteiger partial charge in [0.05, 0.1) is 21.6 Å². The number of benzene rings is 3. The van der Waals surface area contributed by atoms with Gasteiger partial charge < -0.3 is 24.7 Å². The molecule has 2 aromatic heterocycles. The van der Waals surface area contributed by atoms with Crippen LogP contribution in [0.4, 0.5) is 17.1 Å². The van der Waals surface area contributed by atoms with Crippen LogP contribution >= 0.6 is 11.6 Å². The van der Waals surface area contributed by atoms with Crippen LogP contribution in [0.15, 0.2) is 102 Å². The third kappa shape index (κ3) is 9.60. The van der Waals surface area contributed by atoms with Crippen LogP contribution in [0.5, 0.6) is 11.5 Å². The molecule has 3 aliphatic rings. The van der Waals surface area contributed by atoms with E-state index in [2.05, 4.69) is 54.9 Å². The molecule has 2 atom stereocenters. The zero-order valence-corrected chi connectivity index (χ0v) is 34.9. The maximum absolute atomic E-state index is 13.9. The number of carbonyl (C=O) groups is 1. The second-order valence-electron chi connectivity index (χ2n) is 15.9. The molecule has 0 unspecified atom stereocenters. The highest BCUT2D eigenvalue weighted by molar-refractivity contribution is 7.90. The number of hydrogen-bond donors (Lipinski definition) is 3. The molecule has 0 saturated carbocycles. The summed E-state index contributed by atoms with van der Waals surface area (Å²) in [7, 11) is -4.55. The van der Waals surface area contributed by atoms with Gasteiger partial charge in [0.2, 0.25) is 0 Å². The SMILES string of the molecule is CC1=CC[C@@H](c2ccc(Cl)cc2)[C@H](CN2CCN(c3ccc(C(=O)NS(=O)(=O)c4ccc(NCC5CCOCC5)c([N+](=O)[O-])c4)c(Oc4cnc5[nH]ccc5c4)c3)CC2)C1. The summed E-state index contributed by atoms with van der Waals surface area (Å²) >= 11 is 6.21. The molecule has 2 saturated heterocycles. The van der Waals surface area contributed by atoms with Gasteiger partial charge in [-0.3, -0.25) is 19.8 Å². The van der Waals surface area contributed by atoms with Gasteiger partial charge >= 0.3 is 0 Å². The Labute approximate surface area is 354 Å². The molecule has 314 valence electrons. The fourth-order valence-electron chi connectivity index (χ4n) is 8.49. The Hall–Kier alpha value is -5.48. The van der Waals surface area contributed by atoms with Crippen molar-refractivity contribution in [2.45, 2.75) is 43.4 Å². The highest BCUT2D eigenvalue weighted by Crippen LogP contribution is 2.39. The Morgan fingerprint density at radius 1 is 1.03 bits per heavy atom. The molecule has 2 aliphatic heterocycles. The molecule has 60 heavy (non-hydrogen) atoms. The number of allylic oxidation sites excluding steroid dienone is 2. The molecule has 8 rings (SSSR count). The quantitative estimate of drug-likeness (QED) is 0.0593. The van der Waals surface area contributed by atoms with Crippen molar-refractivity contribution in [3.8, 4) is 11.5 Å². The van der Waals surface area contributed by atoms with E-state index >= 15 is 0 Å². The molecule has 14 nitrogen and oxygen atoms in total. The Balaban J connectivity index is 0.990. The monoisotopic (exact) mass is 853 g/mol. The summed E-state index contributed by atoms with van der Waals surface area (Å²) in [6, 6.07) is 20.5. The lowest BCUT2D eigenvalue weighted by Gasteiger charge is -2.40. The summed E-state index contributed by atoms with van der Waals surface area (Å²) in [4.78, 5) is 37.1. The van der Waals surface area contributed by atoms with E-state index in [4.69, 9.17) is 21.1 Å². The van der Waals surface area contributed by atoms with Crippen molar-refractivity contribution in [1.82, 2.24) is 19.6 Å². The summed E-state index contributed by atoms with van der Waals surface area (Å²) < 4.78 is 41.1. The predicted octanol–water partition coefficient (Wildman–Crippen LogP) is 8.14. The summed E-state index contributed by atoms with van der Waals surface area (Å²) in [5.74, 6) is 0.710. The highest BCUT2D eigenvalue weighted by atomic mass is 35.5. The minimum absolute atomic E-state index is 0.0339. The van der Waals surface area contributed by atoms with E-state index in [1.54, 1.807) is 30.5 Å². The largest absolute Gasteiger partial charge is 0.455 e. The molecule has 0 radical (unpaired) electrons. The number of H-pyrrole nitrogens is 1. The molecule has 4 heterocycles. The fraction of sp³-hybridized carbons (Fsp3) is 0.364. The number of nitrogens with one attached hydrogen (secondary N) is 3. The van der Waals surface area contributed by atoms with Gasteiger partial charge in [0.15, 0.2) is 0 Å². The second-order valence-corrected chi connectivity index (χ2v) is 18.0. The van der Waals surface area contributed by atoms with Crippen molar-refractivity contribution >= 4 is 55.6 Å². The van der Waals surface area contributed by atoms with E-state index in [0.717, 1.165) is 80.6 Å². The fourth-order valence-corrected chi connectivity index (χ4v) is 9.60. The van der Waals surface area contributed by atoms with Crippen molar-refractivity contribution in [1.29, 1.82) is 0 Å². The number of amides is 1. The van der Waals surface area contributed by atoms with Crippen molar-refractivity contribution in [2.24, 2.45) is 11.8 Å². The number of rotatable bonds is 13. The van der Waals surface area contributed by atoms with Crippen molar-refractivity contribution in [3.63, 3.8) is 0 Å². The number of carbonyl (C=O) groups excluding carboxylic acids is 1. The maximum atomic E-state index is 13.9. The lowest BCUT2D eigenvalue weighted by atomic mass is 9.76. The summed E-state index contributed by atoms with van der Waals surface area (Å²) in [6.45, 7) is 8.08. The average molecular weight is 854 g/mol. The van der Waals surface area contributed by atoms with Gasteiger partial charge in [-0.15, -0.1) is 0 Å². The van der Waals surface area contributed by atoms with Crippen LogP contribution in [0.3, 0.4) is 0 Å². The number of nitrogens with zero attached hydrogens (tertiary/aromatic N) is 4. The van der Waals surface area contributed by atoms with Crippen molar-refractivity contribution in [2.75, 3.05) is 62.7 Å². The van der Waals surface area contributed by atoms with Gasteiger partial charge in [0.25, 0.3) is 21.6 Å². The molecule has 2 fully saturated rings. The lowest BCUT2D eigenvalue weighted by Crippen LogP contribution is -2.48. The first-order chi connectivity index (χ1) is 29.0. The number of hydrogen-bond acceptors (Lipinski definition) is 11.